The molecule has 23 heavy (non-hydrogen) atoms. The van der Waals surface area contributed by atoms with Gasteiger partial charge in [-0.3, -0.25) is 0 Å². The summed E-state index contributed by atoms with van der Waals surface area (Å²) in [4.78, 5) is 0. The molecule has 0 aromatic carbocycles. The first kappa shape index (κ1) is 23.0. The summed E-state index contributed by atoms with van der Waals surface area (Å²) in [6.07, 6.45) is 25.5. The molecule has 0 saturated carbocycles. The third kappa shape index (κ3) is 18.2. The molecule has 0 rings (SSSR count). The summed E-state index contributed by atoms with van der Waals surface area (Å²) in [7, 11) is 0. The molecule has 0 unspecified atom stereocenters. The lowest BCUT2D eigenvalue weighted by Gasteiger charge is -2.24. The summed E-state index contributed by atoms with van der Waals surface area (Å²) in [6.45, 7) is 11.1. The lowest BCUT2D eigenvalue weighted by atomic mass is 9.82. The Bertz CT molecular complexity index is 216. The molecule has 0 fully saturated rings. The first-order valence-corrected chi connectivity index (χ1v) is 10.9. The maximum absolute atomic E-state index is 3.90. The molecule has 0 N–H and O–H groups in total. The van der Waals surface area contributed by atoms with Crippen LogP contribution in [0.4, 0.5) is 0 Å². The van der Waals surface area contributed by atoms with Crippen LogP contribution < -0.4 is 0 Å². The van der Waals surface area contributed by atoms with Gasteiger partial charge in [0.25, 0.3) is 0 Å². The zero-order valence-electron chi connectivity index (χ0n) is 16.9. The highest BCUT2D eigenvalue weighted by Gasteiger charge is 2.15. The van der Waals surface area contributed by atoms with E-state index in [1.54, 1.807) is 0 Å². The highest BCUT2D eigenvalue weighted by molar-refractivity contribution is 4.68. The van der Waals surface area contributed by atoms with Gasteiger partial charge in [0, 0.05) is 0 Å². The van der Waals surface area contributed by atoms with Crippen molar-refractivity contribution in [3.05, 3.63) is 6.92 Å². The summed E-state index contributed by atoms with van der Waals surface area (Å²) in [5.74, 6) is 0. The third-order valence-corrected chi connectivity index (χ3v) is 5.31. The van der Waals surface area contributed by atoms with Gasteiger partial charge in [-0.05, 0) is 18.3 Å². The van der Waals surface area contributed by atoms with E-state index in [2.05, 4.69) is 27.7 Å². The molecule has 139 valence electrons. The van der Waals surface area contributed by atoms with E-state index >= 15 is 0 Å². The fraction of sp³-hybridized carbons (Fsp3) is 0.957. The van der Waals surface area contributed by atoms with E-state index in [9.17, 15) is 0 Å². The van der Waals surface area contributed by atoms with E-state index < -0.39 is 0 Å². The molecule has 0 spiro atoms. The van der Waals surface area contributed by atoms with Crippen LogP contribution in [0.15, 0.2) is 0 Å². The molecule has 0 bridgehead atoms. The van der Waals surface area contributed by atoms with E-state index in [-0.39, 0.29) is 0 Å². The lowest BCUT2D eigenvalue weighted by molar-refractivity contribution is 0.285. The smallest absolute Gasteiger partial charge is 0.0354 e. The van der Waals surface area contributed by atoms with Gasteiger partial charge < -0.3 is 0 Å². The SMILES string of the molecule is [CH2]CCCCCCCCCCCCCCCC(C)(C)CCCC. The molecule has 0 aliphatic heterocycles. The Morgan fingerprint density at radius 1 is 0.522 bits per heavy atom. The maximum Gasteiger partial charge on any atom is -0.0354 e. The summed E-state index contributed by atoms with van der Waals surface area (Å²) in [5.41, 5.74) is 0.587. The Morgan fingerprint density at radius 2 is 0.870 bits per heavy atom. The third-order valence-electron chi connectivity index (χ3n) is 5.31. The summed E-state index contributed by atoms with van der Waals surface area (Å²) >= 11 is 0. The minimum Gasteiger partial charge on any atom is -0.0654 e. The van der Waals surface area contributed by atoms with Gasteiger partial charge in [0.15, 0.2) is 0 Å². The van der Waals surface area contributed by atoms with E-state index in [1.807, 2.05) is 0 Å². The van der Waals surface area contributed by atoms with Gasteiger partial charge in [0.2, 0.25) is 0 Å². The fourth-order valence-electron chi connectivity index (χ4n) is 3.51. The van der Waals surface area contributed by atoms with Crippen LogP contribution in [-0.2, 0) is 0 Å². The van der Waals surface area contributed by atoms with Gasteiger partial charge in [-0.2, -0.15) is 0 Å². The fourth-order valence-corrected chi connectivity index (χ4v) is 3.51. The molecule has 1 radical (unpaired) electrons. The van der Waals surface area contributed by atoms with Gasteiger partial charge in [-0.1, -0.05) is 130 Å². The number of hydrogen-bond acceptors (Lipinski definition) is 0. The quantitative estimate of drug-likeness (QED) is 0.221. The van der Waals surface area contributed by atoms with Crippen LogP contribution in [0.3, 0.4) is 0 Å². The van der Waals surface area contributed by atoms with Crippen molar-refractivity contribution in [3.8, 4) is 0 Å². The van der Waals surface area contributed by atoms with Crippen molar-refractivity contribution >= 4 is 0 Å². The van der Waals surface area contributed by atoms with Gasteiger partial charge in [-0.15, -0.1) is 0 Å². The zero-order chi connectivity index (χ0) is 17.2. The molecular weight excluding hydrogens is 276 g/mol. The summed E-state index contributed by atoms with van der Waals surface area (Å²) < 4.78 is 0. The van der Waals surface area contributed by atoms with Crippen LogP contribution in [0.25, 0.3) is 0 Å². The van der Waals surface area contributed by atoms with Gasteiger partial charge >= 0.3 is 0 Å². The van der Waals surface area contributed by atoms with Crippen molar-refractivity contribution in [2.24, 2.45) is 5.41 Å². The number of rotatable bonds is 18. The molecule has 0 aromatic heterocycles. The average Bonchev–Trinajstić information content (AvgIpc) is 2.53. The normalized spacial score (nSPS) is 12.0. The second kappa shape index (κ2) is 16.8. The molecule has 0 atom stereocenters. The molecule has 0 saturated heterocycles. The number of unbranched alkanes of at least 4 members (excludes halogenated alkanes) is 14. The number of hydrogen-bond donors (Lipinski definition) is 0. The van der Waals surface area contributed by atoms with Gasteiger partial charge in [0.05, 0.1) is 0 Å². The van der Waals surface area contributed by atoms with Crippen molar-refractivity contribution in [1.29, 1.82) is 0 Å². The monoisotopic (exact) mass is 323 g/mol. The standard InChI is InChI=1S/C23H47/c1-5-7-9-10-11-12-13-14-15-16-17-18-19-20-22-23(3,4)21-8-6-2/h1,5-22H2,2-4H3. The lowest BCUT2D eigenvalue weighted by Crippen LogP contribution is -2.10. The van der Waals surface area contributed by atoms with Crippen molar-refractivity contribution in [3.63, 3.8) is 0 Å². The second-order valence-electron chi connectivity index (χ2n) is 8.47. The zero-order valence-corrected chi connectivity index (χ0v) is 16.9. The van der Waals surface area contributed by atoms with Crippen LogP contribution in [0.5, 0.6) is 0 Å². The molecule has 0 aromatic rings. The Morgan fingerprint density at radius 3 is 1.26 bits per heavy atom. The summed E-state index contributed by atoms with van der Waals surface area (Å²) in [5, 5.41) is 0. The van der Waals surface area contributed by atoms with E-state index in [1.165, 1.54) is 109 Å². The van der Waals surface area contributed by atoms with Gasteiger partial charge in [0.1, 0.15) is 0 Å². The van der Waals surface area contributed by atoms with Crippen molar-refractivity contribution in [2.45, 2.75) is 136 Å². The molecular formula is C23H47. The minimum absolute atomic E-state index is 0.587. The topological polar surface area (TPSA) is 0 Å². The van der Waals surface area contributed by atoms with Gasteiger partial charge in [-0.25, -0.2) is 0 Å². The first-order chi connectivity index (χ1) is 11.1. The largest absolute Gasteiger partial charge is 0.0654 e. The molecule has 0 aliphatic rings. The maximum atomic E-state index is 3.90. The Kier molecular flexibility index (Phi) is 16.8. The molecule has 0 nitrogen and oxygen atoms in total. The van der Waals surface area contributed by atoms with Crippen LogP contribution in [0, 0.1) is 12.3 Å². The average molecular weight is 324 g/mol. The summed E-state index contributed by atoms with van der Waals surface area (Å²) in [6, 6.07) is 0. The Hall–Kier alpha value is 0. The van der Waals surface area contributed by atoms with E-state index in [0.29, 0.717) is 5.41 Å². The molecule has 0 heterocycles. The molecule has 0 amide bonds. The van der Waals surface area contributed by atoms with Crippen LogP contribution >= 0.6 is 0 Å². The van der Waals surface area contributed by atoms with Crippen LogP contribution in [0.2, 0.25) is 0 Å². The molecule has 0 aliphatic carbocycles. The van der Waals surface area contributed by atoms with E-state index in [0.717, 1.165) is 6.42 Å². The predicted molar refractivity (Wildman–Crippen MR) is 108 cm³/mol. The minimum atomic E-state index is 0.587. The van der Waals surface area contributed by atoms with Crippen molar-refractivity contribution in [1.82, 2.24) is 0 Å². The predicted octanol–water partition coefficient (Wildman–Crippen LogP) is 8.89. The highest BCUT2D eigenvalue weighted by Crippen LogP contribution is 2.30. The second-order valence-corrected chi connectivity index (χ2v) is 8.47. The Balaban J connectivity index is 3.16. The van der Waals surface area contributed by atoms with E-state index in [4.69, 9.17) is 0 Å². The van der Waals surface area contributed by atoms with Crippen LogP contribution in [0.1, 0.15) is 136 Å². The van der Waals surface area contributed by atoms with Crippen molar-refractivity contribution < 1.29 is 0 Å². The highest BCUT2D eigenvalue weighted by atomic mass is 14.2. The molecule has 0 heteroatoms. The van der Waals surface area contributed by atoms with Crippen LogP contribution in [-0.4, -0.2) is 0 Å². The first-order valence-electron chi connectivity index (χ1n) is 10.9. The van der Waals surface area contributed by atoms with Crippen molar-refractivity contribution in [2.75, 3.05) is 0 Å². The Labute approximate surface area is 149 Å².